The van der Waals surface area contributed by atoms with Crippen molar-refractivity contribution in [2.24, 2.45) is 5.92 Å². The highest BCUT2D eigenvalue weighted by Crippen LogP contribution is 2.14. The highest BCUT2D eigenvalue weighted by Gasteiger charge is 2.25. The van der Waals surface area contributed by atoms with Gasteiger partial charge >= 0.3 is 0 Å². The van der Waals surface area contributed by atoms with Crippen LogP contribution in [-0.2, 0) is 4.74 Å². The van der Waals surface area contributed by atoms with Crippen molar-refractivity contribution in [3.63, 3.8) is 0 Å². The number of rotatable bonds is 6. The van der Waals surface area contributed by atoms with Gasteiger partial charge in [-0.05, 0) is 26.4 Å². The Balaban J connectivity index is 2.28. The van der Waals surface area contributed by atoms with Crippen LogP contribution in [-0.4, -0.2) is 50.8 Å². The molecule has 1 rings (SSSR count). The van der Waals surface area contributed by atoms with Gasteiger partial charge in [0.2, 0.25) is 0 Å². The minimum Gasteiger partial charge on any atom is -0.374 e. The summed E-state index contributed by atoms with van der Waals surface area (Å²) in [5.74, 6) is 0.812. The predicted octanol–water partition coefficient (Wildman–Crippen LogP) is 1.73. The molecule has 0 amide bonds. The van der Waals surface area contributed by atoms with Crippen molar-refractivity contribution < 1.29 is 4.74 Å². The number of ether oxygens (including phenoxy) is 1. The smallest absolute Gasteiger partial charge is 0.0855 e. The summed E-state index contributed by atoms with van der Waals surface area (Å²) in [7, 11) is 4.23. The Morgan fingerprint density at radius 3 is 2.69 bits per heavy atom. The SMILES string of the molecule is CNC(CCCC(C)C)C1CN(C)CCO1. The van der Waals surface area contributed by atoms with E-state index in [1.807, 2.05) is 0 Å². The van der Waals surface area contributed by atoms with Crippen molar-refractivity contribution in [1.82, 2.24) is 10.2 Å². The van der Waals surface area contributed by atoms with Crippen molar-refractivity contribution >= 4 is 0 Å². The maximum atomic E-state index is 5.85. The summed E-state index contributed by atoms with van der Waals surface area (Å²) in [5, 5.41) is 3.41. The third-order valence-electron chi connectivity index (χ3n) is 3.41. The molecule has 16 heavy (non-hydrogen) atoms. The molecule has 0 aromatic rings. The highest BCUT2D eigenvalue weighted by molar-refractivity contribution is 4.81. The Morgan fingerprint density at radius 2 is 2.12 bits per heavy atom. The molecule has 0 aliphatic carbocycles. The van der Waals surface area contributed by atoms with Crippen LogP contribution < -0.4 is 5.32 Å². The number of hydrogen-bond acceptors (Lipinski definition) is 3. The Bertz CT molecular complexity index is 185. The van der Waals surface area contributed by atoms with Crippen LogP contribution >= 0.6 is 0 Å². The molecule has 2 unspecified atom stereocenters. The molecule has 1 saturated heterocycles. The number of hydrogen-bond donors (Lipinski definition) is 1. The van der Waals surface area contributed by atoms with E-state index in [2.05, 4.69) is 38.2 Å². The first-order chi connectivity index (χ1) is 7.63. The molecule has 1 heterocycles. The Morgan fingerprint density at radius 1 is 1.38 bits per heavy atom. The van der Waals surface area contributed by atoms with E-state index < -0.39 is 0 Å². The van der Waals surface area contributed by atoms with Gasteiger partial charge < -0.3 is 15.0 Å². The fourth-order valence-corrected chi connectivity index (χ4v) is 2.32. The average molecular weight is 228 g/mol. The monoisotopic (exact) mass is 228 g/mol. The van der Waals surface area contributed by atoms with Crippen LogP contribution in [0.25, 0.3) is 0 Å². The summed E-state index contributed by atoms with van der Waals surface area (Å²) >= 11 is 0. The van der Waals surface area contributed by atoms with Gasteiger partial charge in [0.25, 0.3) is 0 Å². The lowest BCUT2D eigenvalue weighted by atomic mass is 9.99. The van der Waals surface area contributed by atoms with E-state index in [-0.39, 0.29) is 0 Å². The molecule has 0 saturated carbocycles. The zero-order chi connectivity index (χ0) is 12.0. The summed E-state index contributed by atoms with van der Waals surface area (Å²) in [5.41, 5.74) is 0. The molecule has 3 nitrogen and oxygen atoms in total. The summed E-state index contributed by atoms with van der Waals surface area (Å²) in [6.07, 6.45) is 4.22. The van der Waals surface area contributed by atoms with Gasteiger partial charge in [-0.2, -0.15) is 0 Å². The minimum absolute atomic E-state index is 0.371. The number of morpholine rings is 1. The third kappa shape index (κ3) is 4.81. The molecule has 0 radical (unpaired) electrons. The van der Waals surface area contributed by atoms with Gasteiger partial charge in [-0.1, -0.05) is 26.7 Å². The van der Waals surface area contributed by atoms with Crippen LogP contribution in [0, 0.1) is 5.92 Å². The standard InChI is InChI=1S/C13H28N2O/c1-11(2)6-5-7-12(14-3)13-10-15(4)8-9-16-13/h11-14H,5-10H2,1-4H3. The molecule has 1 aliphatic heterocycles. The Kier molecular flexibility index (Phi) is 6.32. The molecule has 1 aliphatic rings. The molecule has 1 N–H and O–H groups in total. The van der Waals surface area contributed by atoms with E-state index in [9.17, 15) is 0 Å². The lowest BCUT2D eigenvalue weighted by Crippen LogP contribution is -2.50. The lowest BCUT2D eigenvalue weighted by Gasteiger charge is -2.35. The van der Waals surface area contributed by atoms with E-state index in [1.54, 1.807) is 0 Å². The van der Waals surface area contributed by atoms with Gasteiger partial charge in [-0.25, -0.2) is 0 Å². The van der Waals surface area contributed by atoms with Gasteiger partial charge in [0.05, 0.1) is 12.7 Å². The van der Waals surface area contributed by atoms with Gasteiger partial charge in [0.15, 0.2) is 0 Å². The van der Waals surface area contributed by atoms with Crippen LogP contribution in [0.1, 0.15) is 33.1 Å². The second-order valence-electron chi connectivity index (χ2n) is 5.39. The number of nitrogens with zero attached hydrogens (tertiary/aromatic N) is 1. The molecular formula is C13H28N2O. The molecular weight excluding hydrogens is 200 g/mol. The zero-order valence-corrected chi connectivity index (χ0v) is 11.3. The first kappa shape index (κ1) is 13.9. The third-order valence-corrected chi connectivity index (χ3v) is 3.41. The van der Waals surface area contributed by atoms with Gasteiger partial charge in [0, 0.05) is 19.1 Å². The van der Waals surface area contributed by atoms with Crippen molar-refractivity contribution in [1.29, 1.82) is 0 Å². The first-order valence-electron chi connectivity index (χ1n) is 6.61. The summed E-state index contributed by atoms with van der Waals surface area (Å²) in [4.78, 5) is 2.36. The quantitative estimate of drug-likeness (QED) is 0.749. The fraction of sp³-hybridized carbons (Fsp3) is 1.00. The van der Waals surface area contributed by atoms with E-state index >= 15 is 0 Å². The summed E-state index contributed by atoms with van der Waals surface area (Å²) < 4.78 is 5.85. The van der Waals surface area contributed by atoms with E-state index in [0.29, 0.717) is 12.1 Å². The van der Waals surface area contributed by atoms with Crippen molar-refractivity contribution in [3.05, 3.63) is 0 Å². The highest BCUT2D eigenvalue weighted by atomic mass is 16.5. The van der Waals surface area contributed by atoms with Crippen LogP contribution in [0.3, 0.4) is 0 Å². The van der Waals surface area contributed by atoms with Crippen molar-refractivity contribution in [2.45, 2.75) is 45.3 Å². The van der Waals surface area contributed by atoms with Crippen LogP contribution in [0.15, 0.2) is 0 Å². The normalized spacial score (nSPS) is 24.9. The number of likely N-dealkylation sites (N-methyl/N-ethyl adjacent to an activating group) is 2. The maximum absolute atomic E-state index is 5.85. The fourth-order valence-electron chi connectivity index (χ4n) is 2.32. The molecule has 2 atom stereocenters. The number of nitrogens with one attached hydrogen (secondary N) is 1. The van der Waals surface area contributed by atoms with Crippen LogP contribution in [0.2, 0.25) is 0 Å². The second-order valence-corrected chi connectivity index (χ2v) is 5.39. The molecule has 0 aromatic heterocycles. The summed E-state index contributed by atoms with van der Waals surface area (Å²) in [6, 6.07) is 0.515. The van der Waals surface area contributed by atoms with E-state index in [4.69, 9.17) is 4.74 Å². The maximum Gasteiger partial charge on any atom is 0.0855 e. The first-order valence-corrected chi connectivity index (χ1v) is 6.61. The van der Waals surface area contributed by atoms with Gasteiger partial charge in [-0.3, -0.25) is 0 Å². The van der Waals surface area contributed by atoms with Crippen molar-refractivity contribution in [3.8, 4) is 0 Å². The van der Waals surface area contributed by atoms with Crippen LogP contribution in [0.4, 0.5) is 0 Å². The molecule has 0 spiro atoms. The Labute approximate surface area is 101 Å². The average Bonchev–Trinajstić information content (AvgIpc) is 2.24. The molecule has 96 valence electrons. The molecule has 0 bridgehead atoms. The Hall–Kier alpha value is -0.120. The second kappa shape index (κ2) is 7.25. The predicted molar refractivity (Wildman–Crippen MR) is 68.8 cm³/mol. The molecule has 1 fully saturated rings. The van der Waals surface area contributed by atoms with Gasteiger partial charge in [0.1, 0.15) is 0 Å². The van der Waals surface area contributed by atoms with E-state index in [0.717, 1.165) is 25.6 Å². The topological polar surface area (TPSA) is 24.5 Å². The molecule has 3 heteroatoms. The largest absolute Gasteiger partial charge is 0.374 e. The van der Waals surface area contributed by atoms with Gasteiger partial charge in [-0.15, -0.1) is 0 Å². The molecule has 0 aromatic carbocycles. The van der Waals surface area contributed by atoms with Crippen LogP contribution in [0.5, 0.6) is 0 Å². The van der Waals surface area contributed by atoms with Crippen molar-refractivity contribution in [2.75, 3.05) is 33.8 Å². The lowest BCUT2D eigenvalue weighted by molar-refractivity contribution is -0.0391. The zero-order valence-electron chi connectivity index (χ0n) is 11.3. The van der Waals surface area contributed by atoms with E-state index in [1.165, 1.54) is 19.3 Å². The minimum atomic E-state index is 0.371. The summed E-state index contributed by atoms with van der Waals surface area (Å²) in [6.45, 7) is 7.59.